The van der Waals surface area contributed by atoms with Gasteiger partial charge in [0.2, 0.25) is 10.0 Å². The van der Waals surface area contributed by atoms with Crippen LogP contribution in [0, 0.1) is 0 Å². The number of carbonyl (C=O) groups excluding carboxylic acids is 2. The second kappa shape index (κ2) is 11.1. The third kappa shape index (κ3) is 5.38. The fourth-order valence-electron chi connectivity index (χ4n) is 4.54. The Bertz CT molecular complexity index is 1720. The molecule has 0 atom stereocenters. The average Bonchev–Trinajstić information content (AvgIpc) is 3.30. The first kappa shape index (κ1) is 26.8. The molecular formula is C28H27N3O6S2. The molecule has 0 aliphatic carbocycles. The third-order valence-corrected chi connectivity index (χ3v) is 9.41. The number of para-hydroxylation sites is 1. The average molecular weight is 566 g/mol. The molecule has 0 spiro atoms. The molecule has 2 heterocycles. The molecule has 1 amide bonds. The van der Waals surface area contributed by atoms with Crippen molar-refractivity contribution in [3.05, 3.63) is 88.2 Å². The molecule has 0 bridgehead atoms. The van der Waals surface area contributed by atoms with Crippen LogP contribution in [0.1, 0.15) is 28.4 Å². The van der Waals surface area contributed by atoms with Crippen LogP contribution in [0.2, 0.25) is 0 Å². The maximum Gasteiger partial charge on any atom is 0.325 e. The lowest BCUT2D eigenvalue weighted by Gasteiger charge is -2.28. The van der Waals surface area contributed by atoms with E-state index in [2.05, 4.69) is 4.99 Å². The molecule has 202 valence electrons. The van der Waals surface area contributed by atoms with Crippen molar-refractivity contribution in [3.63, 3.8) is 0 Å². The fraction of sp³-hybridized carbons (Fsp3) is 0.250. The van der Waals surface area contributed by atoms with Crippen LogP contribution in [-0.2, 0) is 39.1 Å². The first-order valence-corrected chi connectivity index (χ1v) is 14.7. The number of nitrogens with zero attached hydrogens (tertiary/aromatic N) is 3. The third-order valence-electron chi connectivity index (χ3n) is 6.51. The van der Waals surface area contributed by atoms with E-state index in [-0.39, 0.29) is 17.0 Å². The second-order valence-electron chi connectivity index (χ2n) is 8.88. The van der Waals surface area contributed by atoms with Gasteiger partial charge in [-0.05, 0) is 60.9 Å². The number of amides is 1. The zero-order chi connectivity index (χ0) is 27.6. The molecule has 39 heavy (non-hydrogen) atoms. The van der Waals surface area contributed by atoms with E-state index in [9.17, 15) is 18.0 Å². The maximum absolute atomic E-state index is 13.3. The lowest BCUT2D eigenvalue weighted by molar-refractivity contribution is -0.141. The van der Waals surface area contributed by atoms with Gasteiger partial charge in [-0.2, -0.15) is 9.30 Å². The molecule has 5 rings (SSSR count). The molecule has 9 nitrogen and oxygen atoms in total. The van der Waals surface area contributed by atoms with Gasteiger partial charge in [0.15, 0.2) is 4.80 Å². The van der Waals surface area contributed by atoms with Crippen molar-refractivity contribution in [2.45, 2.75) is 31.3 Å². The largest absolute Gasteiger partial charge is 0.492 e. The van der Waals surface area contributed by atoms with Crippen molar-refractivity contribution in [3.8, 4) is 5.75 Å². The highest BCUT2D eigenvalue weighted by Gasteiger charge is 2.28. The van der Waals surface area contributed by atoms with E-state index in [0.29, 0.717) is 42.2 Å². The van der Waals surface area contributed by atoms with E-state index < -0.39 is 21.9 Å². The van der Waals surface area contributed by atoms with E-state index in [1.54, 1.807) is 10.6 Å². The van der Waals surface area contributed by atoms with Crippen molar-refractivity contribution in [2.75, 3.05) is 20.3 Å². The predicted octanol–water partition coefficient (Wildman–Crippen LogP) is 3.76. The number of methoxy groups -OCH3 is 1. The summed E-state index contributed by atoms with van der Waals surface area (Å²) < 4.78 is 41.0. The van der Waals surface area contributed by atoms with Crippen LogP contribution in [0.4, 0.5) is 0 Å². The molecule has 0 saturated heterocycles. The number of ether oxygens (including phenoxy) is 2. The number of rotatable bonds is 7. The van der Waals surface area contributed by atoms with Gasteiger partial charge in [0.25, 0.3) is 5.91 Å². The predicted molar refractivity (Wildman–Crippen MR) is 147 cm³/mol. The molecular weight excluding hydrogens is 538 g/mol. The highest BCUT2D eigenvalue weighted by atomic mass is 32.2. The molecule has 0 saturated carbocycles. The standard InChI is InChI=1S/C28H27N3O6S2/c1-3-37-23-9-6-10-24-26(23)31(18-25(32)36-2)28(38-24)29-27(33)20-11-13-22(14-12-20)39(34,35)30-16-15-19-7-4-5-8-21(19)17-30/h4-14H,3,15-18H2,1-2H3. The number of hydrogen-bond acceptors (Lipinski definition) is 7. The Morgan fingerprint density at radius 2 is 1.74 bits per heavy atom. The Kier molecular flexibility index (Phi) is 7.65. The molecule has 3 aromatic carbocycles. The highest BCUT2D eigenvalue weighted by molar-refractivity contribution is 7.89. The molecule has 1 aliphatic rings. The Labute approximate surface area is 230 Å². The van der Waals surface area contributed by atoms with Crippen molar-refractivity contribution in [1.82, 2.24) is 8.87 Å². The quantitative estimate of drug-likeness (QED) is 0.316. The van der Waals surface area contributed by atoms with Crippen LogP contribution in [-0.4, -0.2) is 49.4 Å². The van der Waals surface area contributed by atoms with Gasteiger partial charge in [-0.1, -0.05) is 41.7 Å². The maximum atomic E-state index is 13.3. The van der Waals surface area contributed by atoms with E-state index >= 15 is 0 Å². The Morgan fingerprint density at radius 3 is 2.46 bits per heavy atom. The van der Waals surface area contributed by atoms with Gasteiger partial charge in [0, 0.05) is 18.7 Å². The molecule has 0 unspecified atom stereocenters. The zero-order valence-electron chi connectivity index (χ0n) is 21.5. The first-order chi connectivity index (χ1) is 18.8. The van der Waals surface area contributed by atoms with E-state index in [0.717, 1.165) is 15.8 Å². The van der Waals surface area contributed by atoms with Gasteiger partial charge in [0.1, 0.15) is 17.8 Å². The Morgan fingerprint density at radius 1 is 1.00 bits per heavy atom. The summed E-state index contributed by atoms with van der Waals surface area (Å²) in [5, 5.41) is 0. The van der Waals surface area contributed by atoms with Gasteiger partial charge < -0.3 is 14.0 Å². The summed E-state index contributed by atoms with van der Waals surface area (Å²) in [4.78, 5) is 30.0. The summed E-state index contributed by atoms with van der Waals surface area (Å²) in [5.74, 6) is -0.488. The zero-order valence-corrected chi connectivity index (χ0v) is 23.1. The monoisotopic (exact) mass is 565 g/mol. The van der Waals surface area contributed by atoms with Crippen LogP contribution >= 0.6 is 11.3 Å². The van der Waals surface area contributed by atoms with Crippen molar-refractivity contribution in [2.24, 2.45) is 4.99 Å². The Balaban J connectivity index is 1.45. The van der Waals surface area contributed by atoms with E-state index in [1.807, 2.05) is 43.3 Å². The van der Waals surface area contributed by atoms with Crippen molar-refractivity contribution >= 4 is 43.5 Å². The van der Waals surface area contributed by atoms with Crippen LogP contribution < -0.4 is 9.54 Å². The number of thiazole rings is 1. The van der Waals surface area contributed by atoms with Gasteiger partial charge in [0.05, 0.1) is 23.3 Å². The summed E-state index contributed by atoms with van der Waals surface area (Å²) in [6.07, 6.45) is 0.649. The Hall–Kier alpha value is -3.80. The van der Waals surface area contributed by atoms with Crippen molar-refractivity contribution in [1.29, 1.82) is 0 Å². The van der Waals surface area contributed by atoms with Gasteiger partial charge in [-0.25, -0.2) is 8.42 Å². The normalized spacial score (nSPS) is 14.3. The minimum Gasteiger partial charge on any atom is -0.492 e. The van der Waals surface area contributed by atoms with Crippen LogP contribution in [0.15, 0.2) is 76.6 Å². The van der Waals surface area contributed by atoms with Crippen LogP contribution in [0.3, 0.4) is 0 Å². The summed E-state index contributed by atoms with van der Waals surface area (Å²) in [6, 6.07) is 19.1. The number of aromatic nitrogens is 1. The summed E-state index contributed by atoms with van der Waals surface area (Å²) in [5.41, 5.74) is 3.02. The number of carbonyl (C=O) groups is 2. The van der Waals surface area contributed by atoms with Crippen LogP contribution in [0.5, 0.6) is 5.75 Å². The molecule has 11 heteroatoms. The summed E-state index contributed by atoms with van der Waals surface area (Å²) in [7, 11) is -2.44. The second-order valence-corrected chi connectivity index (χ2v) is 11.8. The minimum absolute atomic E-state index is 0.113. The fourth-order valence-corrected chi connectivity index (χ4v) is 7.00. The smallest absolute Gasteiger partial charge is 0.325 e. The molecule has 0 fully saturated rings. The topological polar surface area (TPSA) is 107 Å². The molecule has 0 N–H and O–H groups in total. The minimum atomic E-state index is -3.73. The number of hydrogen-bond donors (Lipinski definition) is 0. The molecule has 0 radical (unpaired) electrons. The summed E-state index contributed by atoms with van der Waals surface area (Å²) >= 11 is 1.25. The number of fused-ring (bicyclic) bond motifs is 2. The number of sulfonamides is 1. The highest BCUT2D eigenvalue weighted by Crippen LogP contribution is 2.28. The number of benzene rings is 3. The van der Waals surface area contributed by atoms with Crippen molar-refractivity contribution < 1.29 is 27.5 Å². The van der Waals surface area contributed by atoms with Gasteiger partial charge >= 0.3 is 5.97 Å². The van der Waals surface area contributed by atoms with Gasteiger partial charge in [-0.15, -0.1) is 0 Å². The van der Waals surface area contributed by atoms with Gasteiger partial charge in [-0.3, -0.25) is 9.59 Å². The summed E-state index contributed by atoms with van der Waals surface area (Å²) in [6.45, 7) is 2.84. The SMILES string of the molecule is CCOc1cccc2sc(=NC(=O)c3ccc(S(=O)(=O)N4CCc5ccccc5C4)cc3)n(CC(=O)OC)c12. The first-order valence-electron chi connectivity index (χ1n) is 12.4. The lowest BCUT2D eigenvalue weighted by Crippen LogP contribution is -2.35. The van der Waals surface area contributed by atoms with E-state index in [1.165, 1.54) is 47.0 Å². The molecule has 4 aromatic rings. The molecule has 1 aromatic heterocycles. The lowest BCUT2D eigenvalue weighted by atomic mass is 10.0. The van der Waals surface area contributed by atoms with E-state index in [4.69, 9.17) is 9.47 Å². The number of esters is 1. The van der Waals surface area contributed by atoms with Crippen LogP contribution in [0.25, 0.3) is 10.2 Å². The molecule has 1 aliphatic heterocycles.